The van der Waals surface area contributed by atoms with Gasteiger partial charge in [-0.25, -0.2) is 0 Å². The molecule has 1 amide bonds. The number of hydrogen-bond acceptors (Lipinski definition) is 2. The van der Waals surface area contributed by atoms with E-state index < -0.39 is 0 Å². The number of nitrogens with one attached hydrogen (secondary N) is 1. The van der Waals surface area contributed by atoms with Gasteiger partial charge in [-0.05, 0) is 40.8 Å². The fourth-order valence-electron chi connectivity index (χ4n) is 0.936. The van der Waals surface area contributed by atoms with Crippen LogP contribution in [0.15, 0.2) is 22.7 Å². The molecule has 0 aliphatic carbocycles. The zero-order valence-electron chi connectivity index (χ0n) is 7.26. The molecule has 0 unspecified atom stereocenters. The third-order valence-corrected chi connectivity index (χ3v) is 3.00. The van der Waals surface area contributed by atoms with Gasteiger partial charge in [0, 0.05) is 14.6 Å². The molecule has 0 saturated carbocycles. The van der Waals surface area contributed by atoms with Gasteiger partial charge in [0.1, 0.15) is 0 Å². The summed E-state index contributed by atoms with van der Waals surface area (Å²) < 4.78 is 1.76. The Hall–Kier alpha value is -0.140. The third kappa shape index (κ3) is 3.21. The van der Waals surface area contributed by atoms with Crippen molar-refractivity contribution < 1.29 is 9.90 Å². The van der Waals surface area contributed by atoms with Crippen LogP contribution >= 0.6 is 38.5 Å². The van der Waals surface area contributed by atoms with Crippen molar-refractivity contribution >= 4 is 44.4 Å². The van der Waals surface area contributed by atoms with Crippen LogP contribution in [-0.2, 0) is 0 Å². The van der Waals surface area contributed by atoms with E-state index in [4.69, 9.17) is 5.11 Å². The van der Waals surface area contributed by atoms with Crippen molar-refractivity contribution in [1.82, 2.24) is 5.32 Å². The van der Waals surface area contributed by atoms with E-state index in [2.05, 4.69) is 43.8 Å². The molecule has 0 aromatic heterocycles. The molecular formula is C9H9BrINO2. The first-order valence-electron chi connectivity index (χ1n) is 3.99. The summed E-state index contributed by atoms with van der Waals surface area (Å²) >= 11 is 5.40. The molecule has 0 atom stereocenters. The Morgan fingerprint density at radius 3 is 2.93 bits per heavy atom. The Balaban J connectivity index is 2.83. The van der Waals surface area contributed by atoms with Gasteiger partial charge in [-0.3, -0.25) is 4.79 Å². The molecular weight excluding hydrogens is 361 g/mol. The highest BCUT2D eigenvalue weighted by atomic mass is 127. The van der Waals surface area contributed by atoms with Crippen molar-refractivity contribution in [3.63, 3.8) is 0 Å². The lowest BCUT2D eigenvalue weighted by atomic mass is 10.2. The maximum Gasteiger partial charge on any atom is 0.252 e. The molecule has 0 saturated heterocycles. The summed E-state index contributed by atoms with van der Waals surface area (Å²) in [5.41, 5.74) is 0.619. The van der Waals surface area contributed by atoms with Gasteiger partial charge in [-0.2, -0.15) is 0 Å². The smallest absolute Gasteiger partial charge is 0.252 e. The molecule has 2 N–H and O–H groups in total. The second kappa shape index (κ2) is 5.67. The minimum atomic E-state index is -0.162. The zero-order chi connectivity index (χ0) is 10.6. The minimum absolute atomic E-state index is 0.0453. The zero-order valence-corrected chi connectivity index (χ0v) is 11.0. The largest absolute Gasteiger partial charge is 0.395 e. The van der Waals surface area contributed by atoms with Crippen LogP contribution in [0, 0.1) is 3.57 Å². The van der Waals surface area contributed by atoms with Crippen molar-refractivity contribution in [2.75, 3.05) is 13.2 Å². The topological polar surface area (TPSA) is 49.3 Å². The number of rotatable bonds is 3. The number of benzene rings is 1. The third-order valence-electron chi connectivity index (χ3n) is 1.57. The lowest BCUT2D eigenvalue weighted by molar-refractivity contribution is 0.0944. The number of carbonyl (C=O) groups is 1. The van der Waals surface area contributed by atoms with Crippen LogP contribution in [0.2, 0.25) is 0 Å². The van der Waals surface area contributed by atoms with Crippen LogP contribution in [0.4, 0.5) is 0 Å². The average molecular weight is 370 g/mol. The van der Waals surface area contributed by atoms with Crippen LogP contribution in [0.25, 0.3) is 0 Å². The second-order valence-electron chi connectivity index (χ2n) is 2.60. The van der Waals surface area contributed by atoms with Crippen molar-refractivity contribution in [3.8, 4) is 0 Å². The van der Waals surface area contributed by atoms with E-state index in [1.807, 2.05) is 12.1 Å². The summed E-state index contributed by atoms with van der Waals surface area (Å²) in [7, 11) is 0. The van der Waals surface area contributed by atoms with Crippen LogP contribution < -0.4 is 5.32 Å². The van der Waals surface area contributed by atoms with E-state index in [1.54, 1.807) is 6.07 Å². The lowest BCUT2D eigenvalue weighted by Crippen LogP contribution is -2.27. The first kappa shape index (κ1) is 11.9. The fraction of sp³-hybridized carbons (Fsp3) is 0.222. The Morgan fingerprint density at radius 2 is 2.29 bits per heavy atom. The Labute approximate surface area is 104 Å². The number of hydrogen-bond donors (Lipinski definition) is 2. The molecule has 1 aromatic rings. The van der Waals surface area contributed by atoms with Crippen molar-refractivity contribution in [2.45, 2.75) is 0 Å². The van der Waals surface area contributed by atoms with E-state index in [0.717, 1.165) is 8.04 Å². The number of aliphatic hydroxyl groups excluding tert-OH is 1. The summed E-state index contributed by atoms with van der Waals surface area (Å²) in [6, 6.07) is 5.50. The molecule has 1 aromatic carbocycles. The molecule has 76 valence electrons. The van der Waals surface area contributed by atoms with Gasteiger partial charge in [0.2, 0.25) is 0 Å². The lowest BCUT2D eigenvalue weighted by Gasteiger charge is -2.05. The van der Waals surface area contributed by atoms with Crippen LogP contribution in [0.3, 0.4) is 0 Å². The molecule has 0 radical (unpaired) electrons. The van der Waals surface area contributed by atoms with E-state index in [0.29, 0.717) is 5.56 Å². The molecule has 0 spiro atoms. The average Bonchev–Trinajstić information content (AvgIpc) is 2.18. The maximum atomic E-state index is 11.5. The summed E-state index contributed by atoms with van der Waals surface area (Å²) in [6.45, 7) is 0.234. The Bertz CT molecular complexity index is 344. The van der Waals surface area contributed by atoms with Crippen molar-refractivity contribution in [2.24, 2.45) is 0 Å². The summed E-state index contributed by atoms with van der Waals surface area (Å²) in [5.74, 6) is -0.162. The molecule has 0 aliphatic rings. The summed E-state index contributed by atoms with van der Waals surface area (Å²) in [4.78, 5) is 11.5. The highest BCUT2D eigenvalue weighted by Gasteiger charge is 2.09. The van der Waals surface area contributed by atoms with Crippen LogP contribution in [0.1, 0.15) is 10.4 Å². The van der Waals surface area contributed by atoms with Gasteiger partial charge in [0.05, 0.1) is 12.2 Å². The highest BCUT2D eigenvalue weighted by Crippen LogP contribution is 2.18. The van der Waals surface area contributed by atoms with Crippen molar-refractivity contribution in [1.29, 1.82) is 0 Å². The Kier molecular flexibility index (Phi) is 4.83. The predicted molar refractivity (Wildman–Crippen MR) is 66.3 cm³/mol. The fourth-order valence-corrected chi connectivity index (χ4v) is 1.88. The van der Waals surface area contributed by atoms with Crippen LogP contribution in [-0.4, -0.2) is 24.2 Å². The monoisotopic (exact) mass is 369 g/mol. The van der Waals surface area contributed by atoms with Gasteiger partial charge < -0.3 is 10.4 Å². The van der Waals surface area contributed by atoms with Gasteiger partial charge in [0.15, 0.2) is 0 Å². The van der Waals surface area contributed by atoms with E-state index >= 15 is 0 Å². The summed E-state index contributed by atoms with van der Waals surface area (Å²) in [5, 5.41) is 11.2. The van der Waals surface area contributed by atoms with Gasteiger partial charge >= 0.3 is 0 Å². The molecule has 0 heterocycles. The standard InChI is InChI=1S/C9H9BrINO2/c10-6-1-2-8(11)7(5-6)9(14)12-3-4-13/h1-2,5,13H,3-4H2,(H,12,14). The van der Waals surface area contributed by atoms with Gasteiger partial charge in [-0.15, -0.1) is 0 Å². The van der Waals surface area contributed by atoms with Crippen LogP contribution in [0.5, 0.6) is 0 Å². The highest BCUT2D eigenvalue weighted by molar-refractivity contribution is 14.1. The predicted octanol–water partition coefficient (Wildman–Crippen LogP) is 1.78. The van der Waals surface area contributed by atoms with E-state index in [-0.39, 0.29) is 19.1 Å². The van der Waals surface area contributed by atoms with E-state index in [9.17, 15) is 4.79 Å². The molecule has 1 rings (SSSR count). The molecule has 0 fully saturated rings. The minimum Gasteiger partial charge on any atom is -0.395 e. The second-order valence-corrected chi connectivity index (χ2v) is 4.68. The first-order valence-corrected chi connectivity index (χ1v) is 5.86. The summed E-state index contributed by atoms with van der Waals surface area (Å²) in [6.07, 6.45) is 0. The van der Waals surface area contributed by atoms with E-state index in [1.165, 1.54) is 0 Å². The first-order chi connectivity index (χ1) is 6.65. The molecule has 0 aliphatic heterocycles. The molecule has 5 heteroatoms. The quantitative estimate of drug-likeness (QED) is 0.798. The number of aliphatic hydroxyl groups is 1. The SMILES string of the molecule is O=C(NCCO)c1cc(Br)ccc1I. The molecule has 14 heavy (non-hydrogen) atoms. The number of amides is 1. The Morgan fingerprint density at radius 1 is 1.57 bits per heavy atom. The maximum absolute atomic E-state index is 11.5. The van der Waals surface area contributed by atoms with Crippen molar-refractivity contribution in [3.05, 3.63) is 31.8 Å². The van der Waals surface area contributed by atoms with Gasteiger partial charge in [0.25, 0.3) is 5.91 Å². The normalized spacial score (nSPS) is 9.93. The van der Waals surface area contributed by atoms with Gasteiger partial charge in [-0.1, -0.05) is 15.9 Å². The number of halogens is 2. The molecule has 0 bridgehead atoms. The molecule has 3 nitrogen and oxygen atoms in total. The number of carbonyl (C=O) groups excluding carboxylic acids is 1.